The van der Waals surface area contributed by atoms with E-state index in [1.54, 1.807) is 15.9 Å². The number of benzene rings is 2. The van der Waals surface area contributed by atoms with E-state index in [0.29, 0.717) is 45.0 Å². The number of nitrogens with zero attached hydrogens (tertiary/aromatic N) is 2. The summed E-state index contributed by atoms with van der Waals surface area (Å²) < 4.78 is 44.8. The molecule has 2 aromatic rings. The van der Waals surface area contributed by atoms with Crippen LogP contribution in [0.1, 0.15) is 24.0 Å². The Labute approximate surface area is 180 Å². The van der Waals surface area contributed by atoms with Crippen LogP contribution in [-0.4, -0.2) is 54.8 Å². The Morgan fingerprint density at radius 1 is 1.03 bits per heavy atom. The van der Waals surface area contributed by atoms with Crippen LogP contribution in [0.2, 0.25) is 0 Å². The Kier molecular flexibility index (Phi) is 7.92. The van der Waals surface area contributed by atoms with Gasteiger partial charge in [-0.2, -0.15) is 13.2 Å². The van der Waals surface area contributed by atoms with Crippen molar-refractivity contribution in [1.29, 1.82) is 0 Å². The molecule has 3 rings (SSSR count). The van der Waals surface area contributed by atoms with Gasteiger partial charge in [0.25, 0.3) is 0 Å². The lowest BCUT2D eigenvalue weighted by Gasteiger charge is -2.30. The summed E-state index contributed by atoms with van der Waals surface area (Å²) in [4.78, 5) is 16.0. The SMILES string of the molecule is O=C1CCN(c2cccc(C(F)(F)F)c2)CCN1C(CO)CCOCc1ccccc1. The van der Waals surface area contributed by atoms with Crippen molar-refractivity contribution >= 4 is 11.6 Å². The molecule has 1 unspecified atom stereocenters. The van der Waals surface area contributed by atoms with Gasteiger partial charge in [-0.15, -0.1) is 0 Å². The summed E-state index contributed by atoms with van der Waals surface area (Å²) in [7, 11) is 0. The van der Waals surface area contributed by atoms with E-state index in [-0.39, 0.29) is 25.0 Å². The highest BCUT2D eigenvalue weighted by Gasteiger charge is 2.32. The van der Waals surface area contributed by atoms with Gasteiger partial charge in [0.15, 0.2) is 0 Å². The van der Waals surface area contributed by atoms with Crippen LogP contribution in [0.25, 0.3) is 0 Å². The van der Waals surface area contributed by atoms with Crippen LogP contribution in [0.3, 0.4) is 0 Å². The second-order valence-electron chi connectivity index (χ2n) is 7.54. The molecule has 0 radical (unpaired) electrons. The van der Waals surface area contributed by atoms with Crippen molar-refractivity contribution < 1.29 is 27.8 Å². The second-order valence-corrected chi connectivity index (χ2v) is 7.54. The first-order valence-corrected chi connectivity index (χ1v) is 10.3. The molecule has 1 fully saturated rings. The largest absolute Gasteiger partial charge is 0.416 e. The van der Waals surface area contributed by atoms with Crippen molar-refractivity contribution in [3.05, 3.63) is 65.7 Å². The summed E-state index contributed by atoms with van der Waals surface area (Å²) in [5, 5.41) is 9.83. The monoisotopic (exact) mass is 436 g/mol. The highest BCUT2D eigenvalue weighted by Crippen LogP contribution is 2.32. The van der Waals surface area contributed by atoms with Crippen molar-refractivity contribution in [3.63, 3.8) is 0 Å². The van der Waals surface area contributed by atoms with E-state index >= 15 is 0 Å². The molecular weight excluding hydrogens is 409 g/mol. The standard InChI is InChI=1S/C23H27F3N2O3/c24-23(25,26)19-7-4-8-20(15-19)27-11-9-22(30)28(13-12-27)21(16-29)10-14-31-17-18-5-2-1-3-6-18/h1-8,15,21,29H,9-14,16-17H2. The van der Waals surface area contributed by atoms with Gasteiger partial charge < -0.3 is 19.6 Å². The topological polar surface area (TPSA) is 53.0 Å². The maximum absolute atomic E-state index is 13.0. The third-order valence-electron chi connectivity index (χ3n) is 5.42. The molecule has 1 aliphatic rings. The van der Waals surface area contributed by atoms with Gasteiger partial charge in [0.1, 0.15) is 0 Å². The zero-order valence-corrected chi connectivity index (χ0v) is 17.2. The van der Waals surface area contributed by atoms with Gasteiger partial charge in [0.2, 0.25) is 5.91 Å². The van der Waals surface area contributed by atoms with Gasteiger partial charge in [-0.05, 0) is 30.2 Å². The lowest BCUT2D eigenvalue weighted by atomic mass is 10.1. The molecule has 2 aromatic carbocycles. The Morgan fingerprint density at radius 2 is 1.81 bits per heavy atom. The first-order chi connectivity index (χ1) is 14.9. The molecule has 0 bridgehead atoms. The average Bonchev–Trinajstić information content (AvgIpc) is 2.96. The summed E-state index contributed by atoms with van der Waals surface area (Å²) >= 11 is 0. The van der Waals surface area contributed by atoms with Crippen molar-refractivity contribution in [2.24, 2.45) is 0 Å². The zero-order valence-electron chi connectivity index (χ0n) is 17.2. The van der Waals surface area contributed by atoms with E-state index in [1.165, 1.54) is 6.07 Å². The molecule has 0 aliphatic carbocycles. The minimum atomic E-state index is -4.41. The molecule has 1 amide bonds. The summed E-state index contributed by atoms with van der Waals surface area (Å²) in [6, 6.07) is 14.5. The third-order valence-corrected chi connectivity index (χ3v) is 5.42. The van der Waals surface area contributed by atoms with E-state index in [1.807, 2.05) is 30.3 Å². The van der Waals surface area contributed by atoms with Crippen molar-refractivity contribution in [2.45, 2.75) is 31.7 Å². The van der Waals surface area contributed by atoms with Crippen LogP contribution in [0.15, 0.2) is 54.6 Å². The van der Waals surface area contributed by atoms with Gasteiger partial charge >= 0.3 is 6.18 Å². The fourth-order valence-electron chi connectivity index (χ4n) is 3.69. The van der Waals surface area contributed by atoms with Crippen LogP contribution in [0, 0.1) is 0 Å². The van der Waals surface area contributed by atoms with Crippen molar-refractivity contribution in [3.8, 4) is 0 Å². The molecule has 0 spiro atoms. The molecule has 0 aromatic heterocycles. The molecule has 1 saturated heterocycles. The van der Waals surface area contributed by atoms with Crippen LogP contribution >= 0.6 is 0 Å². The predicted molar refractivity (Wildman–Crippen MR) is 112 cm³/mol. The van der Waals surface area contributed by atoms with Crippen LogP contribution < -0.4 is 4.90 Å². The fraction of sp³-hybridized carbons (Fsp3) is 0.435. The number of aliphatic hydroxyl groups is 1. The summed E-state index contributed by atoms with van der Waals surface area (Å²) in [6.45, 7) is 1.72. The number of alkyl halides is 3. The second kappa shape index (κ2) is 10.6. The Hall–Kier alpha value is -2.58. The minimum absolute atomic E-state index is 0.114. The van der Waals surface area contributed by atoms with Crippen LogP contribution in [-0.2, 0) is 22.3 Å². The number of amides is 1. The van der Waals surface area contributed by atoms with Crippen molar-refractivity contribution in [2.75, 3.05) is 37.7 Å². The molecule has 0 saturated carbocycles. The van der Waals surface area contributed by atoms with Crippen LogP contribution in [0.5, 0.6) is 0 Å². The molecule has 1 N–H and O–H groups in total. The number of rotatable bonds is 8. The van der Waals surface area contributed by atoms with Gasteiger partial charge in [0.05, 0.1) is 24.8 Å². The average molecular weight is 436 g/mol. The number of aliphatic hydroxyl groups excluding tert-OH is 1. The molecule has 5 nitrogen and oxygen atoms in total. The predicted octanol–water partition coefficient (Wildman–Crippen LogP) is 3.71. The number of hydrogen-bond donors (Lipinski definition) is 1. The number of halogens is 3. The molecule has 168 valence electrons. The smallest absolute Gasteiger partial charge is 0.394 e. The number of hydrogen-bond acceptors (Lipinski definition) is 4. The van der Waals surface area contributed by atoms with Gasteiger partial charge in [-0.3, -0.25) is 4.79 Å². The van der Waals surface area contributed by atoms with Gasteiger partial charge in [0, 0.05) is 38.3 Å². The summed E-state index contributed by atoms with van der Waals surface area (Å²) in [6.07, 6.45) is -3.75. The molecule has 31 heavy (non-hydrogen) atoms. The van der Waals surface area contributed by atoms with Crippen molar-refractivity contribution in [1.82, 2.24) is 4.90 Å². The molecule has 1 heterocycles. The van der Waals surface area contributed by atoms with E-state index in [4.69, 9.17) is 4.74 Å². The summed E-state index contributed by atoms with van der Waals surface area (Å²) in [5.74, 6) is -0.114. The number of ether oxygens (including phenoxy) is 1. The lowest BCUT2D eigenvalue weighted by Crippen LogP contribution is -2.44. The van der Waals surface area contributed by atoms with Gasteiger partial charge in [-0.1, -0.05) is 36.4 Å². The quantitative estimate of drug-likeness (QED) is 0.641. The third kappa shape index (κ3) is 6.45. The van der Waals surface area contributed by atoms with E-state index in [0.717, 1.165) is 17.7 Å². The van der Waals surface area contributed by atoms with E-state index in [2.05, 4.69) is 0 Å². The maximum Gasteiger partial charge on any atom is 0.416 e. The fourth-order valence-corrected chi connectivity index (χ4v) is 3.69. The normalized spacial score (nSPS) is 16.3. The highest BCUT2D eigenvalue weighted by molar-refractivity contribution is 5.78. The Morgan fingerprint density at radius 3 is 2.52 bits per heavy atom. The Bertz CT molecular complexity index is 845. The van der Waals surface area contributed by atoms with Gasteiger partial charge in [-0.25, -0.2) is 0 Å². The maximum atomic E-state index is 13.0. The zero-order chi connectivity index (χ0) is 22.3. The summed E-state index contributed by atoms with van der Waals surface area (Å²) in [5.41, 5.74) is 0.781. The minimum Gasteiger partial charge on any atom is -0.394 e. The first-order valence-electron chi connectivity index (χ1n) is 10.3. The van der Waals surface area contributed by atoms with Crippen LogP contribution in [0.4, 0.5) is 18.9 Å². The first kappa shape index (κ1) is 23.1. The lowest BCUT2D eigenvalue weighted by molar-refractivity contribution is -0.137. The molecule has 1 atom stereocenters. The number of carbonyl (C=O) groups is 1. The molecular formula is C23H27F3N2O3. The Balaban J connectivity index is 1.56. The number of carbonyl (C=O) groups excluding carboxylic acids is 1. The molecule has 8 heteroatoms. The van der Waals surface area contributed by atoms with E-state index < -0.39 is 11.7 Å². The number of anilines is 1. The van der Waals surface area contributed by atoms with E-state index in [9.17, 15) is 23.1 Å². The highest BCUT2D eigenvalue weighted by atomic mass is 19.4. The molecule has 1 aliphatic heterocycles.